The van der Waals surface area contributed by atoms with E-state index in [2.05, 4.69) is 4.98 Å². The lowest BCUT2D eigenvalue weighted by atomic mass is 9.94. The summed E-state index contributed by atoms with van der Waals surface area (Å²) >= 11 is 0.908. The van der Waals surface area contributed by atoms with Gasteiger partial charge in [-0.25, -0.2) is 9.78 Å². The molecule has 1 atom stereocenters. The fourth-order valence-corrected chi connectivity index (χ4v) is 5.39. The summed E-state index contributed by atoms with van der Waals surface area (Å²) in [4.78, 5) is 45.4. The number of ketones is 1. The van der Waals surface area contributed by atoms with Gasteiger partial charge in [-0.1, -0.05) is 23.5 Å². The Bertz CT molecular complexity index is 1490. The van der Waals surface area contributed by atoms with Crippen LogP contribution in [0.4, 0.5) is 5.13 Å². The van der Waals surface area contributed by atoms with E-state index in [9.17, 15) is 19.5 Å². The smallest absolute Gasteiger partial charge is 0.350 e. The molecule has 3 aromatic rings. The van der Waals surface area contributed by atoms with Gasteiger partial charge in [0.15, 0.2) is 16.6 Å². The Hall–Kier alpha value is -4.58. The number of Topliss-reactive ketones (excluding diaryl/α,β-unsaturated/α-hetero) is 1. The zero-order valence-corrected chi connectivity index (χ0v) is 23.6. The highest BCUT2D eigenvalue weighted by Crippen LogP contribution is 2.48. The number of rotatable bonds is 9. The van der Waals surface area contributed by atoms with Crippen LogP contribution in [0.5, 0.6) is 23.0 Å². The van der Waals surface area contributed by atoms with Crippen molar-refractivity contribution < 1.29 is 43.2 Å². The molecular formula is C28H28N2O9S. The first-order valence-corrected chi connectivity index (χ1v) is 12.9. The molecule has 0 spiro atoms. The van der Waals surface area contributed by atoms with Gasteiger partial charge in [0.1, 0.15) is 16.4 Å². The van der Waals surface area contributed by atoms with E-state index in [1.54, 1.807) is 50.2 Å². The molecule has 1 aromatic heterocycles. The molecule has 1 amide bonds. The number of aliphatic hydroxyl groups excluding tert-OH is 1. The van der Waals surface area contributed by atoms with Gasteiger partial charge in [-0.15, -0.1) is 0 Å². The number of methoxy groups -OCH3 is 4. The van der Waals surface area contributed by atoms with Gasteiger partial charge < -0.3 is 28.8 Å². The Morgan fingerprint density at radius 2 is 1.70 bits per heavy atom. The molecule has 2 aromatic carbocycles. The van der Waals surface area contributed by atoms with Gasteiger partial charge in [0.2, 0.25) is 5.75 Å². The fourth-order valence-electron chi connectivity index (χ4n) is 4.40. The molecule has 11 nitrogen and oxygen atoms in total. The first-order chi connectivity index (χ1) is 19.2. The van der Waals surface area contributed by atoms with Gasteiger partial charge in [-0.3, -0.25) is 14.5 Å². The first-order valence-electron chi connectivity index (χ1n) is 12.1. The monoisotopic (exact) mass is 568 g/mol. The molecule has 1 fully saturated rings. The van der Waals surface area contributed by atoms with Crippen molar-refractivity contribution in [2.45, 2.75) is 19.9 Å². The third-order valence-electron chi connectivity index (χ3n) is 6.24. The highest BCUT2D eigenvalue weighted by Gasteiger charge is 2.49. The number of ether oxygens (including phenoxy) is 5. The quantitative estimate of drug-likeness (QED) is 0.172. The molecule has 0 saturated carbocycles. The minimum atomic E-state index is -1.17. The van der Waals surface area contributed by atoms with E-state index >= 15 is 0 Å². The number of anilines is 1. The molecule has 40 heavy (non-hydrogen) atoms. The molecule has 0 radical (unpaired) electrons. The van der Waals surface area contributed by atoms with Crippen molar-refractivity contribution in [1.29, 1.82) is 0 Å². The summed E-state index contributed by atoms with van der Waals surface area (Å²) in [6.45, 7) is 3.44. The average Bonchev–Trinajstić information content (AvgIpc) is 3.48. The predicted molar refractivity (Wildman–Crippen MR) is 147 cm³/mol. The Morgan fingerprint density at radius 3 is 2.27 bits per heavy atom. The zero-order chi connectivity index (χ0) is 29.1. The van der Waals surface area contributed by atoms with Crippen molar-refractivity contribution >= 4 is 39.9 Å². The molecule has 4 rings (SSSR count). The summed E-state index contributed by atoms with van der Waals surface area (Å²) in [5.41, 5.74) is 0.760. The lowest BCUT2D eigenvalue weighted by Gasteiger charge is -2.24. The SMILES string of the molecule is CCOC(=O)c1sc(N2C(=O)C(=O)C(=C(O)c3cccc(OC)c3)C2c2cc(OC)c(OC)c(OC)c2)nc1C. The van der Waals surface area contributed by atoms with Gasteiger partial charge in [0.05, 0.1) is 52.4 Å². The van der Waals surface area contributed by atoms with Crippen molar-refractivity contribution in [3.8, 4) is 23.0 Å². The van der Waals surface area contributed by atoms with Crippen LogP contribution in [0, 0.1) is 6.92 Å². The maximum atomic E-state index is 13.6. The number of amides is 1. The Labute approximate surface area is 234 Å². The van der Waals surface area contributed by atoms with Crippen molar-refractivity contribution in [1.82, 2.24) is 4.98 Å². The Kier molecular flexibility index (Phi) is 8.29. The van der Waals surface area contributed by atoms with E-state index in [1.165, 1.54) is 28.4 Å². The van der Waals surface area contributed by atoms with Crippen LogP contribution in [0.1, 0.15) is 39.5 Å². The van der Waals surface area contributed by atoms with E-state index in [0.717, 1.165) is 16.2 Å². The van der Waals surface area contributed by atoms with Crippen LogP contribution in [0.3, 0.4) is 0 Å². The van der Waals surface area contributed by atoms with Crippen molar-refractivity contribution in [3.63, 3.8) is 0 Å². The van der Waals surface area contributed by atoms with Crippen LogP contribution in [0.15, 0.2) is 42.0 Å². The second-order valence-corrected chi connectivity index (χ2v) is 9.47. The summed E-state index contributed by atoms with van der Waals surface area (Å²) < 4.78 is 26.8. The molecule has 1 aliphatic heterocycles. The third kappa shape index (κ3) is 4.93. The molecule has 12 heteroatoms. The topological polar surface area (TPSA) is 134 Å². The normalized spacial score (nSPS) is 16.1. The summed E-state index contributed by atoms with van der Waals surface area (Å²) in [5, 5.41) is 11.5. The largest absolute Gasteiger partial charge is 0.507 e. The fraction of sp³-hybridized carbons (Fsp3) is 0.286. The van der Waals surface area contributed by atoms with E-state index in [-0.39, 0.29) is 39.3 Å². The maximum absolute atomic E-state index is 13.6. The summed E-state index contributed by atoms with van der Waals surface area (Å²) in [5.74, 6) is -1.61. The van der Waals surface area contributed by atoms with E-state index in [4.69, 9.17) is 23.7 Å². The highest BCUT2D eigenvalue weighted by atomic mass is 32.1. The number of aromatic nitrogens is 1. The minimum Gasteiger partial charge on any atom is -0.507 e. The van der Waals surface area contributed by atoms with Crippen molar-refractivity contribution in [3.05, 3.63) is 63.7 Å². The first kappa shape index (κ1) is 28.4. The third-order valence-corrected chi connectivity index (χ3v) is 7.38. The van der Waals surface area contributed by atoms with Crippen LogP contribution in [-0.2, 0) is 14.3 Å². The Morgan fingerprint density at radius 1 is 1.02 bits per heavy atom. The lowest BCUT2D eigenvalue weighted by Crippen LogP contribution is -2.29. The predicted octanol–water partition coefficient (Wildman–Crippen LogP) is 4.29. The number of benzene rings is 2. The lowest BCUT2D eigenvalue weighted by molar-refractivity contribution is -0.132. The number of carbonyl (C=O) groups excluding carboxylic acids is 3. The maximum Gasteiger partial charge on any atom is 0.350 e. The molecule has 0 aliphatic carbocycles. The number of carbonyl (C=O) groups is 3. The standard InChI is InChI=1S/C28H28N2O9S/c1-7-39-27(34)25-14(2)29-28(40-25)30-21(16-12-18(36-4)24(38-6)19(13-16)37-5)20(23(32)26(30)33)22(31)15-9-8-10-17(11-15)35-3/h8-13,21,31H,7H2,1-6H3. The number of hydrogen-bond acceptors (Lipinski definition) is 11. The molecular weight excluding hydrogens is 540 g/mol. The van der Waals surface area contributed by atoms with Crippen LogP contribution < -0.4 is 23.8 Å². The summed E-state index contributed by atoms with van der Waals surface area (Å²) in [7, 11) is 5.79. The molecule has 2 heterocycles. The van der Waals surface area contributed by atoms with Crippen LogP contribution >= 0.6 is 11.3 Å². The summed E-state index contributed by atoms with van der Waals surface area (Å²) in [6.07, 6.45) is 0. The van der Waals surface area contributed by atoms with Crippen molar-refractivity contribution in [2.75, 3.05) is 39.9 Å². The van der Waals surface area contributed by atoms with Gasteiger partial charge in [-0.2, -0.15) is 0 Å². The molecule has 1 N–H and O–H groups in total. The van der Waals surface area contributed by atoms with Crippen LogP contribution in [0.2, 0.25) is 0 Å². The van der Waals surface area contributed by atoms with E-state index in [1.807, 2.05) is 0 Å². The number of nitrogens with zero attached hydrogens (tertiary/aromatic N) is 2. The second-order valence-electron chi connectivity index (χ2n) is 8.49. The Balaban J connectivity index is 2.00. The second kappa shape index (κ2) is 11.7. The van der Waals surface area contributed by atoms with E-state index in [0.29, 0.717) is 22.8 Å². The molecule has 1 aliphatic rings. The average molecular weight is 569 g/mol. The number of hydrogen-bond donors (Lipinski definition) is 1. The van der Waals surface area contributed by atoms with E-state index < -0.39 is 29.5 Å². The van der Waals surface area contributed by atoms with Gasteiger partial charge in [0, 0.05) is 5.56 Å². The van der Waals surface area contributed by atoms with Crippen molar-refractivity contribution in [2.24, 2.45) is 0 Å². The van der Waals surface area contributed by atoms with Gasteiger partial charge in [-0.05, 0) is 43.7 Å². The van der Waals surface area contributed by atoms with Gasteiger partial charge >= 0.3 is 11.9 Å². The number of aliphatic hydroxyl groups is 1. The molecule has 210 valence electrons. The number of thiazole rings is 1. The van der Waals surface area contributed by atoms with Crippen LogP contribution in [-0.4, -0.2) is 62.8 Å². The molecule has 0 bridgehead atoms. The summed E-state index contributed by atoms with van der Waals surface area (Å²) in [6, 6.07) is 8.45. The molecule has 1 unspecified atom stereocenters. The number of aryl methyl sites for hydroxylation is 1. The van der Waals surface area contributed by atoms with Crippen LogP contribution in [0.25, 0.3) is 5.76 Å². The minimum absolute atomic E-state index is 0.0751. The zero-order valence-electron chi connectivity index (χ0n) is 22.8. The highest BCUT2D eigenvalue weighted by molar-refractivity contribution is 7.17. The number of esters is 1. The van der Waals surface area contributed by atoms with Gasteiger partial charge in [0.25, 0.3) is 5.78 Å². The molecule has 1 saturated heterocycles.